The SMILES string of the molecule is CC1(C)OC(=O)C(=NNc2ccc(S(=O)(=O)O)cc2C(=O)O)C(=O)O1. The number of aromatic carboxylic acids is 1. The first-order valence-corrected chi connectivity index (χ1v) is 8.00. The number of anilines is 1. The minimum absolute atomic E-state index is 0.238. The van der Waals surface area contributed by atoms with Gasteiger partial charge in [-0.2, -0.15) is 13.5 Å². The Hall–Kier alpha value is -2.99. The van der Waals surface area contributed by atoms with E-state index in [-0.39, 0.29) is 5.69 Å². The quantitative estimate of drug-likeness (QED) is 0.378. The minimum Gasteiger partial charge on any atom is -0.478 e. The summed E-state index contributed by atoms with van der Waals surface area (Å²) < 4.78 is 40.7. The predicted molar refractivity (Wildman–Crippen MR) is 80.5 cm³/mol. The highest BCUT2D eigenvalue weighted by molar-refractivity contribution is 7.85. The standard InChI is InChI=1S/C13H12N2O9S/c1-13(2)23-11(18)9(12(19)24-13)15-14-8-4-3-6(25(20,21)22)5-7(8)10(16)17/h3-5,14H,1-2H3,(H,16,17)(H,20,21,22). The summed E-state index contributed by atoms with van der Waals surface area (Å²) in [7, 11) is -4.62. The van der Waals surface area contributed by atoms with Crippen molar-refractivity contribution in [1.29, 1.82) is 0 Å². The summed E-state index contributed by atoms with van der Waals surface area (Å²) in [5, 5.41) is 12.6. The summed E-state index contributed by atoms with van der Waals surface area (Å²) >= 11 is 0. The molecule has 0 bridgehead atoms. The number of nitrogens with one attached hydrogen (secondary N) is 1. The van der Waals surface area contributed by atoms with Crippen molar-refractivity contribution in [3.05, 3.63) is 23.8 Å². The molecule has 0 saturated carbocycles. The van der Waals surface area contributed by atoms with Gasteiger partial charge in [-0.15, -0.1) is 0 Å². The number of hydrazone groups is 1. The summed E-state index contributed by atoms with van der Waals surface area (Å²) in [6, 6.07) is 2.58. The zero-order valence-electron chi connectivity index (χ0n) is 12.8. The first-order valence-electron chi connectivity index (χ1n) is 6.56. The highest BCUT2D eigenvalue weighted by Gasteiger charge is 2.40. The van der Waals surface area contributed by atoms with Crippen molar-refractivity contribution in [2.45, 2.75) is 24.5 Å². The van der Waals surface area contributed by atoms with Gasteiger partial charge in [0.15, 0.2) is 0 Å². The Balaban J connectivity index is 2.36. The molecule has 0 unspecified atom stereocenters. The Morgan fingerprint density at radius 1 is 1.20 bits per heavy atom. The number of carboxylic acid groups (broad SMARTS) is 1. The van der Waals surface area contributed by atoms with E-state index in [0.29, 0.717) is 6.07 Å². The van der Waals surface area contributed by atoms with Crippen molar-refractivity contribution in [2.75, 3.05) is 5.43 Å². The van der Waals surface area contributed by atoms with Gasteiger partial charge in [0.25, 0.3) is 21.6 Å². The van der Waals surface area contributed by atoms with E-state index >= 15 is 0 Å². The van der Waals surface area contributed by atoms with Gasteiger partial charge in [-0.05, 0) is 18.2 Å². The van der Waals surface area contributed by atoms with Gasteiger partial charge in [0.1, 0.15) is 0 Å². The van der Waals surface area contributed by atoms with E-state index in [4.69, 9.17) is 19.1 Å². The van der Waals surface area contributed by atoms with Gasteiger partial charge in [0, 0.05) is 13.8 Å². The molecule has 1 aliphatic rings. The Morgan fingerprint density at radius 2 is 1.76 bits per heavy atom. The molecular formula is C13H12N2O9S. The second-order valence-electron chi connectivity index (χ2n) is 5.24. The lowest BCUT2D eigenvalue weighted by Crippen LogP contribution is -2.47. The molecule has 1 aliphatic heterocycles. The van der Waals surface area contributed by atoms with Gasteiger partial charge in [0.2, 0.25) is 0 Å². The maximum atomic E-state index is 11.7. The highest BCUT2D eigenvalue weighted by atomic mass is 32.2. The van der Waals surface area contributed by atoms with E-state index in [2.05, 4.69) is 10.5 Å². The minimum atomic E-state index is -4.62. The third-order valence-electron chi connectivity index (χ3n) is 2.87. The number of cyclic esters (lactones) is 2. The number of esters is 2. The van der Waals surface area contributed by atoms with E-state index in [1.54, 1.807) is 0 Å². The molecule has 1 heterocycles. The number of hydrogen-bond donors (Lipinski definition) is 3. The molecular weight excluding hydrogens is 360 g/mol. The van der Waals surface area contributed by atoms with Crippen LogP contribution in [-0.2, 0) is 29.2 Å². The summed E-state index contributed by atoms with van der Waals surface area (Å²) in [6.45, 7) is 2.67. The van der Waals surface area contributed by atoms with Crippen LogP contribution in [0.3, 0.4) is 0 Å². The lowest BCUT2D eigenvalue weighted by atomic mass is 10.2. The fourth-order valence-corrected chi connectivity index (χ4v) is 2.32. The molecule has 25 heavy (non-hydrogen) atoms. The van der Waals surface area contributed by atoms with Crippen LogP contribution >= 0.6 is 0 Å². The highest BCUT2D eigenvalue weighted by Crippen LogP contribution is 2.22. The van der Waals surface area contributed by atoms with Crippen LogP contribution < -0.4 is 5.43 Å². The monoisotopic (exact) mass is 372 g/mol. The summed E-state index contributed by atoms with van der Waals surface area (Å²) in [5.41, 5.74) is 0.595. The predicted octanol–water partition coefficient (Wildman–Crippen LogP) is 0.235. The molecule has 1 aromatic rings. The molecule has 0 atom stereocenters. The van der Waals surface area contributed by atoms with E-state index in [9.17, 15) is 22.8 Å². The van der Waals surface area contributed by atoms with Gasteiger partial charge in [-0.3, -0.25) is 9.98 Å². The lowest BCUT2D eigenvalue weighted by molar-refractivity contribution is -0.214. The summed E-state index contributed by atoms with van der Waals surface area (Å²) in [4.78, 5) is 34.0. The summed E-state index contributed by atoms with van der Waals surface area (Å²) in [6.07, 6.45) is 0. The number of rotatable bonds is 4. The fraction of sp³-hybridized carbons (Fsp3) is 0.231. The van der Waals surface area contributed by atoms with Crippen LogP contribution in [0.25, 0.3) is 0 Å². The Kier molecular flexibility index (Phi) is 4.51. The third-order valence-corrected chi connectivity index (χ3v) is 3.72. The van der Waals surface area contributed by atoms with Crippen molar-refractivity contribution in [1.82, 2.24) is 0 Å². The molecule has 11 nitrogen and oxygen atoms in total. The average Bonchev–Trinajstić information content (AvgIpc) is 2.43. The van der Waals surface area contributed by atoms with Gasteiger partial charge in [-0.25, -0.2) is 14.4 Å². The van der Waals surface area contributed by atoms with Crippen molar-refractivity contribution in [3.63, 3.8) is 0 Å². The number of carbonyl (C=O) groups is 3. The van der Waals surface area contributed by atoms with Crippen molar-refractivity contribution < 1.29 is 41.9 Å². The summed E-state index contributed by atoms with van der Waals surface area (Å²) in [5.74, 6) is -5.17. The van der Waals surface area contributed by atoms with Gasteiger partial charge in [-0.1, -0.05) is 0 Å². The van der Waals surface area contributed by atoms with E-state index in [1.807, 2.05) is 0 Å². The van der Waals surface area contributed by atoms with Crippen molar-refractivity contribution in [3.8, 4) is 0 Å². The van der Waals surface area contributed by atoms with Crippen LogP contribution in [-0.4, -0.2) is 47.5 Å². The van der Waals surface area contributed by atoms with Gasteiger partial charge >= 0.3 is 17.9 Å². The lowest BCUT2D eigenvalue weighted by Gasteiger charge is -2.28. The zero-order valence-corrected chi connectivity index (χ0v) is 13.7. The maximum absolute atomic E-state index is 11.7. The van der Waals surface area contributed by atoms with Crippen LogP contribution in [0.5, 0.6) is 0 Å². The Bertz CT molecular complexity index is 880. The largest absolute Gasteiger partial charge is 0.478 e. The molecule has 134 valence electrons. The molecule has 0 radical (unpaired) electrons. The molecule has 0 aromatic heterocycles. The smallest absolute Gasteiger partial charge is 0.369 e. The van der Waals surface area contributed by atoms with Crippen LogP contribution in [0.1, 0.15) is 24.2 Å². The molecule has 3 N–H and O–H groups in total. The Morgan fingerprint density at radius 3 is 2.24 bits per heavy atom. The average molecular weight is 372 g/mol. The van der Waals surface area contributed by atoms with Crippen LogP contribution in [0.4, 0.5) is 5.69 Å². The number of carboxylic acids is 1. The van der Waals surface area contributed by atoms with Crippen molar-refractivity contribution in [2.24, 2.45) is 5.10 Å². The zero-order chi connectivity index (χ0) is 19.0. The topological polar surface area (TPSA) is 169 Å². The van der Waals surface area contributed by atoms with E-state index in [0.717, 1.165) is 12.1 Å². The molecule has 0 spiro atoms. The van der Waals surface area contributed by atoms with Gasteiger partial charge < -0.3 is 14.6 Å². The third kappa shape index (κ3) is 4.10. The molecule has 0 aliphatic carbocycles. The van der Waals surface area contributed by atoms with Crippen LogP contribution in [0.2, 0.25) is 0 Å². The van der Waals surface area contributed by atoms with Crippen LogP contribution in [0, 0.1) is 0 Å². The molecule has 1 fully saturated rings. The molecule has 1 aromatic carbocycles. The Labute approximate surface area is 141 Å². The molecule has 2 rings (SSSR count). The number of hydrogen-bond acceptors (Lipinski definition) is 9. The van der Waals surface area contributed by atoms with Crippen molar-refractivity contribution >= 4 is 39.4 Å². The first kappa shape index (κ1) is 18.4. The maximum Gasteiger partial charge on any atom is 0.369 e. The second-order valence-corrected chi connectivity index (χ2v) is 6.66. The number of nitrogens with zero attached hydrogens (tertiary/aromatic N) is 1. The second kappa shape index (κ2) is 6.14. The molecule has 0 amide bonds. The van der Waals surface area contributed by atoms with E-state index < -0.39 is 50.0 Å². The fourth-order valence-electron chi connectivity index (χ4n) is 1.81. The molecule has 1 saturated heterocycles. The van der Waals surface area contributed by atoms with Crippen LogP contribution in [0.15, 0.2) is 28.2 Å². The number of benzene rings is 1. The van der Waals surface area contributed by atoms with Gasteiger partial charge in [0.05, 0.1) is 16.1 Å². The first-order chi connectivity index (χ1) is 11.4. The van der Waals surface area contributed by atoms with E-state index in [1.165, 1.54) is 13.8 Å². The normalized spacial score (nSPS) is 16.7. The number of carbonyl (C=O) groups excluding carboxylic acids is 2. The number of ether oxygens (including phenoxy) is 2. The molecule has 12 heteroatoms.